The maximum atomic E-state index is 15.7. The highest BCUT2D eigenvalue weighted by Crippen LogP contribution is 2.42. The number of aliphatic hydroxyl groups is 1. The fourth-order valence-corrected chi connectivity index (χ4v) is 5.60. The Morgan fingerprint density at radius 3 is 2.36 bits per heavy atom. The smallest absolute Gasteiger partial charge is 0.267 e. The average Bonchev–Trinajstić information content (AvgIpc) is 3.26. The molecule has 0 saturated carbocycles. The Morgan fingerprint density at radius 2 is 1.72 bits per heavy atom. The fourth-order valence-electron chi connectivity index (χ4n) is 3.26. The summed E-state index contributed by atoms with van der Waals surface area (Å²) in [5, 5.41) is 10.3. The lowest BCUT2D eigenvalue weighted by Gasteiger charge is -2.17. The number of nitrogen functional groups attached to an aromatic ring is 1. The maximum absolute atomic E-state index is 15.7. The number of sulfonamides is 1. The third-order valence-electron chi connectivity index (χ3n) is 5.19. The van der Waals surface area contributed by atoms with Gasteiger partial charge in [0.25, 0.3) is 10.0 Å². The number of nitrogens with zero attached hydrogens (tertiary/aromatic N) is 3. The number of hydrogen-bond donors (Lipinski definition) is 3. The molecular weight excluding hydrogens is 515 g/mol. The van der Waals surface area contributed by atoms with Gasteiger partial charge in [-0.2, -0.15) is 0 Å². The summed E-state index contributed by atoms with van der Waals surface area (Å²) in [6.45, 7) is 3.25. The largest absolute Gasteiger partial charge is 0.395 e. The first-order valence-electron chi connectivity index (χ1n) is 10.4. The highest BCUT2D eigenvalue weighted by Gasteiger charge is 2.30. The summed E-state index contributed by atoms with van der Waals surface area (Å²) < 4.78 is 71.3. The van der Waals surface area contributed by atoms with Crippen LogP contribution < -0.4 is 10.5 Å². The highest BCUT2D eigenvalue weighted by molar-refractivity contribution is 7.92. The number of halogens is 3. The van der Waals surface area contributed by atoms with Crippen molar-refractivity contribution in [3.63, 3.8) is 0 Å². The van der Waals surface area contributed by atoms with Gasteiger partial charge >= 0.3 is 0 Å². The van der Waals surface area contributed by atoms with Gasteiger partial charge in [0.05, 0.1) is 28.6 Å². The van der Waals surface area contributed by atoms with Gasteiger partial charge in [0.2, 0.25) is 5.95 Å². The van der Waals surface area contributed by atoms with E-state index in [0.29, 0.717) is 15.6 Å². The summed E-state index contributed by atoms with van der Waals surface area (Å²) >= 11 is 1.15. The summed E-state index contributed by atoms with van der Waals surface area (Å²) in [5.41, 5.74) is 4.74. The number of nitrogens with one attached hydrogen (secondary N) is 1. The van der Waals surface area contributed by atoms with Crippen LogP contribution in [0, 0.1) is 17.5 Å². The first kappa shape index (κ1) is 25.5. The van der Waals surface area contributed by atoms with Crippen LogP contribution >= 0.6 is 11.3 Å². The van der Waals surface area contributed by atoms with Crippen molar-refractivity contribution in [2.24, 2.45) is 0 Å². The molecule has 2 aromatic heterocycles. The molecule has 0 fully saturated rings. The number of hydrogen-bond acceptors (Lipinski definition) is 8. The van der Waals surface area contributed by atoms with Crippen molar-refractivity contribution in [1.29, 1.82) is 0 Å². The Labute approximate surface area is 208 Å². The van der Waals surface area contributed by atoms with Crippen LogP contribution in [0.4, 0.5) is 24.8 Å². The second kappa shape index (κ2) is 9.48. The minimum atomic E-state index is -4.81. The minimum absolute atomic E-state index is 0.0243. The molecule has 0 atom stereocenters. The van der Waals surface area contributed by atoms with E-state index in [1.165, 1.54) is 18.3 Å². The second-order valence-electron chi connectivity index (χ2n) is 8.36. The first-order chi connectivity index (χ1) is 16.9. The summed E-state index contributed by atoms with van der Waals surface area (Å²) in [6, 6.07) is 7.97. The lowest BCUT2D eigenvalue weighted by Crippen LogP contribution is -2.21. The van der Waals surface area contributed by atoms with Crippen LogP contribution in [-0.4, -0.2) is 35.1 Å². The SMILES string of the molecule is CC(C)(CO)c1nc(-c2cccc(NS(=O)(=O)c3c(F)cccc3F)c2F)c(-c2ccnc(N)n2)s1. The zero-order valence-electron chi connectivity index (χ0n) is 19.0. The van der Waals surface area contributed by atoms with Crippen molar-refractivity contribution in [2.45, 2.75) is 24.2 Å². The lowest BCUT2D eigenvalue weighted by molar-refractivity contribution is 0.218. The van der Waals surface area contributed by atoms with E-state index in [1.54, 1.807) is 19.9 Å². The molecule has 36 heavy (non-hydrogen) atoms. The van der Waals surface area contributed by atoms with E-state index >= 15 is 4.39 Å². The van der Waals surface area contributed by atoms with E-state index in [9.17, 15) is 22.3 Å². The molecule has 0 radical (unpaired) electrons. The third kappa shape index (κ3) is 4.76. The molecule has 0 aliphatic carbocycles. The summed E-state index contributed by atoms with van der Waals surface area (Å²) in [7, 11) is -4.81. The van der Waals surface area contributed by atoms with Crippen LogP contribution in [0.2, 0.25) is 0 Å². The molecule has 0 bridgehead atoms. The Morgan fingerprint density at radius 1 is 1.06 bits per heavy atom. The van der Waals surface area contributed by atoms with Crippen LogP contribution in [0.1, 0.15) is 18.9 Å². The van der Waals surface area contributed by atoms with Gasteiger partial charge in [-0.25, -0.2) is 36.5 Å². The number of aromatic nitrogens is 3. The molecule has 0 unspecified atom stereocenters. The molecule has 8 nitrogen and oxygen atoms in total. The molecule has 2 heterocycles. The van der Waals surface area contributed by atoms with Gasteiger partial charge < -0.3 is 10.8 Å². The number of aliphatic hydroxyl groups excluding tert-OH is 1. The molecule has 4 N–H and O–H groups in total. The minimum Gasteiger partial charge on any atom is -0.395 e. The molecule has 0 saturated heterocycles. The first-order valence-corrected chi connectivity index (χ1v) is 12.7. The lowest BCUT2D eigenvalue weighted by atomic mass is 9.96. The summed E-state index contributed by atoms with van der Waals surface area (Å²) in [6.07, 6.45) is 1.42. The van der Waals surface area contributed by atoms with Crippen molar-refractivity contribution < 1.29 is 26.7 Å². The predicted molar refractivity (Wildman–Crippen MR) is 130 cm³/mol. The third-order valence-corrected chi connectivity index (χ3v) is 8.05. The zero-order chi connectivity index (χ0) is 26.3. The normalized spacial score (nSPS) is 12.1. The number of thiazole rings is 1. The molecular formula is C23H20F3N5O3S2. The fraction of sp³-hybridized carbons (Fsp3) is 0.174. The molecule has 0 amide bonds. The number of rotatable bonds is 7. The molecule has 0 aliphatic heterocycles. The van der Waals surface area contributed by atoms with Gasteiger partial charge in [0, 0.05) is 17.2 Å². The van der Waals surface area contributed by atoms with Crippen LogP contribution in [0.5, 0.6) is 0 Å². The predicted octanol–water partition coefficient (Wildman–Crippen LogP) is 4.34. The highest BCUT2D eigenvalue weighted by atomic mass is 32.2. The van der Waals surface area contributed by atoms with E-state index in [2.05, 4.69) is 15.0 Å². The van der Waals surface area contributed by atoms with Crippen molar-refractivity contribution in [2.75, 3.05) is 17.1 Å². The Kier molecular flexibility index (Phi) is 6.73. The Balaban J connectivity index is 1.86. The molecule has 0 aliphatic rings. The number of anilines is 2. The number of nitrogens with two attached hydrogens (primary N) is 1. The molecule has 13 heteroatoms. The van der Waals surface area contributed by atoms with Crippen LogP contribution in [0.15, 0.2) is 53.6 Å². The van der Waals surface area contributed by atoms with Crippen LogP contribution in [0.25, 0.3) is 21.8 Å². The molecule has 0 spiro atoms. The van der Waals surface area contributed by atoms with Crippen LogP contribution in [0.3, 0.4) is 0 Å². The molecule has 188 valence electrons. The van der Waals surface area contributed by atoms with Crippen molar-refractivity contribution in [1.82, 2.24) is 15.0 Å². The van der Waals surface area contributed by atoms with E-state index in [1.807, 2.05) is 4.72 Å². The summed E-state index contributed by atoms with van der Waals surface area (Å²) in [5.74, 6) is -3.69. The van der Waals surface area contributed by atoms with Gasteiger partial charge in [-0.05, 0) is 30.3 Å². The molecule has 4 aromatic rings. The second-order valence-corrected chi connectivity index (χ2v) is 11.0. The Bertz CT molecular complexity index is 1540. The number of benzene rings is 2. The van der Waals surface area contributed by atoms with E-state index < -0.39 is 43.5 Å². The van der Waals surface area contributed by atoms with Crippen LogP contribution in [-0.2, 0) is 15.4 Å². The Hall–Kier alpha value is -3.55. The quantitative estimate of drug-likeness (QED) is 0.321. The monoisotopic (exact) mass is 535 g/mol. The van der Waals surface area contributed by atoms with E-state index in [-0.39, 0.29) is 23.8 Å². The van der Waals surface area contributed by atoms with Crippen molar-refractivity contribution >= 4 is 33.0 Å². The van der Waals surface area contributed by atoms with E-state index in [4.69, 9.17) is 5.73 Å². The summed E-state index contributed by atoms with van der Waals surface area (Å²) in [4.78, 5) is 11.7. The standard InChI is InChI=1S/C23H20F3N5O3S2/c1-23(2,11-32)21-30-18(19(35-21)16-9-10-28-22(27)29-16)12-5-3-8-15(17(12)26)31-36(33,34)20-13(24)6-4-7-14(20)25/h3-10,31-32H,11H2,1-2H3,(H2,27,28,29). The van der Waals surface area contributed by atoms with Crippen molar-refractivity contribution in [3.05, 3.63) is 71.1 Å². The molecule has 2 aromatic carbocycles. The van der Waals surface area contributed by atoms with Gasteiger partial charge in [-0.1, -0.05) is 26.0 Å². The van der Waals surface area contributed by atoms with Gasteiger partial charge in [0.15, 0.2) is 10.7 Å². The topological polar surface area (TPSA) is 131 Å². The zero-order valence-corrected chi connectivity index (χ0v) is 20.6. The van der Waals surface area contributed by atoms with Gasteiger partial charge in [-0.15, -0.1) is 11.3 Å². The molecule has 4 rings (SSSR count). The van der Waals surface area contributed by atoms with Gasteiger partial charge in [-0.3, -0.25) is 4.72 Å². The average molecular weight is 536 g/mol. The van der Waals surface area contributed by atoms with E-state index in [0.717, 1.165) is 35.6 Å². The maximum Gasteiger partial charge on any atom is 0.267 e. The van der Waals surface area contributed by atoms with Crippen molar-refractivity contribution in [3.8, 4) is 21.8 Å². The van der Waals surface area contributed by atoms with Gasteiger partial charge in [0.1, 0.15) is 16.6 Å².